The second-order valence-electron chi connectivity index (χ2n) is 9.73. The Morgan fingerprint density at radius 3 is 2.08 bits per heavy atom. The third-order valence-corrected chi connectivity index (χ3v) is 5.58. The lowest BCUT2D eigenvalue weighted by molar-refractivity contribution is -0.394. The molecule has 2 aromatic carbocycles. The molecule has 0 bridgehead atoms. The Hall–Kier alpha value is -4.32. The number of hydrogen-bond acceptors (Lipinski definition) is 9. The van der Waals surface area contributed by atoms with E-state index < -0.39 is 45.0 Å². The number of rotatable bonds is 8. The van der Waals surface area contributed by atoms with Crippen molar-refractivity contribution in [2.24, 2.45) is 0 Å². The first kappa shape index (κ1) is 28.3. The molecule has 0 N–H and O–H groups in total. The van der Waals surface area contributed by atoms with Gasteiger partial charge in [-0.3, -0.25) is 25.1 Å². The normalized spacial score (nSPS) is 15.2. The van der Waals surface area contributed by atoms with Gasteiger partial charge in [-0.15, -0.1) is 0 Å². The largest absolute Gasteiger partial charge is 0.453 e. The van der Waals surface area contributed by atoms with Crippen LogP contribution in [0, 0.1) is 20.2 Å². The lowest BCUT2D eigenvalue weighted by Crippen LogP contribution is -2.51. The highest BCUT2D eigenvalue weighted by Crippen LogP contribution is 2.24. The van der Waals surface area contributed by atoms with Crippen LogP contribution in [0.5, 0.6) is 0 Å². The zero-order valence-corrected chi connectivity index (χ0v) is 21.4. The Morgan fingerprint density at radius 1 is 0.974 bits per heavy atom. The number of nitro benzene ring substituents is 2. The third-order valence-electron chi connectivity index (χ3n) is 5.58. The molecule has 1 heterocycles. The molecule has 38 heavy (non-hydrogen) atoms. The van der Waals surface area contributed by atoms with Gasteiger partial charge in [0.15, 0.2) is 0 Å². The molecule has 0 aliphatic carbocycles. The van der Waals surface area contributed by atoms with Crippen molar-refractivity contribution >= 4 is 29.5 Å². The van der Waals surface area contributed by atoms with E-state index in [-0.39, 0.29) is 12.1 Å². The van der Waals surface area contributed by atoms with Gasteiger partial charge in [-0.1, -0.05) is 36.4 Å². The van der Waals surface area contributed by atoms with Crippen molar-refractivity contribution in [3.8, 4) is 0 Å². The van der Waals surface area contributed by atoms with Gasteiger partial charge in [0.25, 0.3) is 11.4 Å². The summed E-state index contributed by atoms with van der Waals surface area (Å²) in [5.74, 6) is -0.924. The van der Waals surface area contributed by atoms with Crippen LogP contribution in [0.2, 0.25) is 0 Å². The fourth-order valence-electron chi connectivity index (χ4n) is 3.74. The minimum absolute atomic E-state index is 0.286. The Balaban J connectivity index is 1.75. The summed E-state index contributed by atoms with van der Waals surface area (Å²) in [6.45, 7) is 7.56. The van der Waals surface area contributed by atoms with Gasteiger partial charge in [0.1, 0.15) is 11.7 Å². The fourth-order valence-corrected chi connectivity index (χ4v) is 3.74. The summed E-state index contributed by atoms with van der Waals surface area (Å²) >= 11 is 0. The quantitative estimate of drug-likeness (QED) is 0.279. The maximum absolute atomic E-state index is 12.9. The van der Waals surface area contributed by atoms with E-state index in [1.165, 1.54) is 0 Å². The molecular weight excluding hydrogens is 496 g/mol. The minimum atomic E-state index is -0.924. The highest BCUT2D eigenvalue weighted by molar-refractivity contribution is 5.91. The monoisotopic (exact) mass is 526 g/mol. The van der Waals surface area contributed by atoms with Crippen LogP contribution in [0.1, 0.15) is 36.7 Å². The number of nitrogens with zero attached hydrogens (tertiary/aromatic N) is 4. The summed E-state index contributed by atoms with van der Waals surface area (Å²) in [5, 5.41) is 22.4. The zero-order chi connectivity index (χ0) is 27.9. The van der Waals surface area contributed by atoms with Crippen LogP contribution in [-0.4, -0.2) is 76.1 Å². The van der Waals surface area contributed by atoms with E-state index in [0.717, 1.165) is 23.8 Å². The maximum atomic E-state index is 12.9. The van der Waals surface area contributed by atoms with Gasteiger partial charge in [-0.05, 0) is 32.4 Å². The van der Waals surface area contributed by atoms with Crippen molar-refractivity contribution in [3.05, 3.63) is 86.0 Å². The Morgan fingerprint density at radius 2 is 1.55 bits per heavy atom. The molecule has 3 rings (SSSR count). The Kier molecular flexibility index (Phi) is 9.13. The van der Waals surface area contributed by atoms with Crippen LogP contribution in [0.4, 0.5) is 16.2 Å². The summed E-state index contributed by atoms with van der Waals surface area (Å²) in [7, 11) is 0. The molecule has 12 heteroatoms. The summed E-state index contributed by atoms with van der Waals surface area (Å²) in [4.78, 5) is 49.8. The summed E-state index contributed by atoms with van der Waals surface area (Å²) in [6.07, 6.45) is 2.31. The summed E-state index contributed by atoms with van der Waals surface area (Å²) < 4.78 is 11.1. The van der Waals surface area contributed by atoms with Gasteiger partial charge in [-0.25, -0.2) is 9.59 Å². The first-order valence-corrected chi connectivity index (χ1v) is 12.0. The van der Waals surface area contributed by atoms with Crippen molar-refractivity contribution in [1.82, 2.24) is 9.80 Å². The molecule has 0 aromatic heterocycles. The van der Waals surface area contributed by atoms with Gasteiger partial charge in [0.2, 0.25) is 0 Å². The predicted octanol–water partition coefficient (Wildman–Crippen LogP) is 4.29. The van der Waals surface area contributed by atoms with Gasteiger partial charge >= 0.3 is 12.1 Å². The lowest BCUT2D eigenvalue weighted by atomic mass is 10.1. The minimum Gasteiger partial charge on any atom is -0.453 e. The Bertz CT molecular complexity index is 1170. The number of hydrogen-bond donors (Lipinski definition) is 0. The molecule has 12 nitrogen and oxygen atoms in total. The smallest absolute Gasteiger partial charge is 0.410 e. The topological polar surface area (TPSA) is 145 Å². The molecule has 202 valence electrons. The molecule has 0 saturated carbocycles. The van der Waals surface area contributed by atoms with Gasteiger partial charge < -0.3 is 14.4 Å². The van der Waals surface area contributed by atoms with Crippen LogP contribution in [-0.2, 0) is 9.47 Å². The first-order valence-electron chi connectivity index (χ1n) is 12.0. The first-order chi connectivity index (χ1) is 17.9. The maximum Gasteiger partial charge on any atom is 0.410 e. The van der Waals surface area contributed by atoms with Crippen LogP contribution >= 0.6 is 0 Å². The average Bonchev–Trinajstić information content (AvgIpc) is 2.87. The van der Waals surface area contributed by atoms with E-state index in [9.17, 15) is 29.8 Å². The highest BCUT2D eigenvalue weighted by Gasteiger charge is 2.28. The van der Waals surface area contributed by atoms with Crippen LogP contribution in [0.25, 0.3) is 6.08 Å². The number of piperazine rings is 1. The third kappa shape index (κ3) is 8.37. The van der Waals surface area contributed by atoms with Gasteiger partial charge in [0.05, 0.1) is 21.5 Å². The fraction of sp³-hybridized carbons (Fsp3) is 0.385. The molecule has 1 saturated heterocycles. The number of carbonyl (C=O) groups is 2. The van der Waals surface area contributed by atoms with Crippen molar-refractivity contribution < 1.29 is 28.9 Å². The lowest BCUT2D eigenvalue weighted by Gasteiger charge is -2.36. The van der Waals surface area contributed by atoms with Crippen LogP contribution in [0.3, 0.4) is 0 Å². The van der Waals surface area contributed by atoms with E-state index >= 15 is 0 Å². The highest BCUT2D eigenvalue weighted by atomic mass is 16.6. The molecule has 1 aliphatic rings. The number of non-ortho nitro benzene ring substituents is 2. The second-order valence-corrected chi connectivity index (χ2v) is 9.73. The van der Waals surface area contributed by atoms with Gasteiger partial charge in [0, 0.05) is 44.9 Å². The average molecular weight is 527 g/mol. The summed E-state index contributed by atoms with van der Waals surface area (Å²) in [6, 6.07) is 12.0. The number of nitro groups is 2. The van der Waals surface area contributed by atoms with E-state index in [2.05, 4.69) is 0 Å². The number of esters is 1. The number of ether oxygens (including phenoxy) is 2. The molecule has 0 spiro atoms. The van der Waals surface area contributed by atoms with E-state index in [1.807, 2.05) is 35.2 Å². The van der Waals surface area contributed by atoms with Gasteiger partial charge in [-0.2, -0.15) is 0 Å². The van der Waals surface area contributed by atoms with Crippen LogP contribution in [0.15, 0.2) is 54.6 Å². The molecule has 1 aliphatic heterocycles. The molecular formula is C26H30N4O8. The summed E-state index contributed by atoms with van der Waals surface area (Å²) in [5.41, 5.74) is -1.19. The zero-order valence-electron chi connectivity index (χ0n) is 21.4. The van der Waals surface area contributed by atoms with Crippen LogP contribution < -0.4 is 0 Å². The molecule has 0 radical (unpaired) electrons. The van der Waals surface area contributed by atoms with Crippen molar-refractivity contribution in [2.75, 3.05) is 32.7 Å². The molecule has 1 atom stereocenters. The van der Waals surface area contributed by atoms with Crippen molar-refractivity contribution in [1.29, 1.82) is 0 Å². The van der Waals surface area contributed by atoms with E-state index in [0.29, 0.717) is 26.2 Å². The van der Waals surface area contributed by atoms with Crippen molar-refractivity contribution in [3.63, 3.8) is 0 Å². The predicted molar refractivity (Wildman–Crippen MR) is 139 cm³/mol. The molecule has 1 fully saturated rings. The number of amides is 1. The SMILES string of the molecule is CC(C)(C)OC(=O)N1CCN(CC(/C=C/c2ccccc2)OC(=O)c2cc([N+](=O)[O-])cc([N+](=O)[O-])c2)CC1. The molecule has 1 amide bonds. The Labute approximate surface area is 219 Å². The van der Waals surface area contributed by atoms with Crippen molar-refractivity contribution in [2.45, 2.75) is 32.5 Å². The molecule has 1 unspecified atom stereocenters. The number of carbonyl (C=O) groups excluding carboxylic acids is 2. The second kappa shape index (κ2) is 12.3. The standard InChI is InChI=1S/C26H30N4O8/c1-26(2,3)38-25(32)28-13-11-27(12-14-28)18-23(10-9-19-7-5-4-6-8-19)37-24(31)20-15-21(29(33)34)17-22(16-20)30(35)36/h4-10,15-17,23H,11-14,18H2,1-3H3/b10-9+. The molecule has 2 aromatic rings. The number of benzene rings is 2. The van der Waals surface area contributed by atoms with E-state index in [4.69, 9.17) is 9.47 Å². The van der Waals surface area contributed by atoms with E-state index in [1.54, 1.807) is 37.8 Å².